The zero-order valence-electron chi connectivity index (χ0n) is 24.8. The largest absolute Gasteiger partial charge is 0.416 e. The molecule has 8 nitrogen and oxygen atoms in total. The summed E-state index contributed by atoms with van der Waals surface area (Å²) in [5, 5.41) is 6.48. The van der Waals surface area contributed by atoms with Crippen LogP contribution in [0, 0.1) is 0 Å². The molecule has 1 amide bonds. The van der Waals surface area contributed by atoms with Crippen molar-refractivity contribution in [1.29, 1.82) is 0 Å². The number of amides is 1. The molecule has 0 aliphatic rings. The standard InChI is InChI=1S/C34H25F3N4O4S2/c1-20(2)21-13-17-28(18-14-21)47(43,44)41-31(42)24-7-9-25(10-8-24)32-39-30(40-45-32)23-5-3-22(4-6-23)29-19-46-33(38-29)26-11-15-27(16-12-26)34(35,36)37/h3-20H,1-2H3,(H,41,42). The molecule has 0 saturated carbocycles. The molecule has 4 aromatic carbocycles. The normalized spacial score (nSPS) is 12.0. The summed E-state index contributed by atoms with van der Waals surface area (Å²) in [4.78, 5) is 21.7. The topological polar surface area (TPSA) is 115 Å². The lowest BCUT2D eigenvalue weighted by atomic mass is 10.0. The van der Waals surface area contributed by atoms with E-state index >= 15 is 0 Å². The van der Waals surface area contributed by atoms with Gasteiger partial charge in [-0.2, -0.15) is 18.2 Å². The van der Waals surface area contributed by atoms with Crippen molar-refractivity contribution in [2.45, 2.75) is 30.8 Å². The fourth-order valence-electron chi connectivity index (χ4n) is 4.62. The zero-order chi connectivity index (χ0) is 33.3. The summed E-state index contributed by atoms with van der Waals surface area (Å²) in [6.45, 7) is 4.00. The second-order valence-electron chi connectivity index (χ2n) is 10.8. The average Bonchev–Trinajstić information content (AvgIpc) is 3.76. The monoisotopic (exact) mass is 674 g/mol. The van der Waals surface area contributed by atoms with E-state index in [2.05, 4.69) is 19.8 Å². The molecule has 2 heterocycles. The number of alkyl halides is 3. The highest BCUT2D eigenvalue weighted by atomic mass is 32.2. The summed E-state index contributed by atoms with van der Waals surface area (Å²) in [5.41, 5.74) is 3.67. The fourth-order valence-corrected chi connectivity index (χ4v) is 6.43. The van der Waals surface area contributed by atoms with Gasteiger partial charge in [0.05, 0.1) is 16.2 Å². The molecule has 238 valence electrons. The minimum Gasteiger partial charge on any atom is -0.334 e. The molecule has 13 heteroatoms. The number of nitrogens with zero attached hydrogens (tertiary/aromatic N) is 3. The minimum absolute atomic E-state index is 0.00668. The molecule has 47 heavy (non-hydrogen) atoms. The molecule has 2 aromatic heterocycles. The number of halogens is 3. The van der Waals surface area contributed by atoms with E-state index in [-0.39, 0.29) is 22.3 Å². The molecule has 0 atom stereocenters. The third-order valence-electron chi connectivity index (χ3n) is 7.31. The molecule has 0 radical (unpaired) electrons. The van der Waals surface area contributed by atoms with Gasteiger partial charge in [0.1, 0.15) is 5.01 Å². The van der Waals surface area contributed by atoms with Crippen LogP contribution in [0.3, 0.4) is 0 Å². The van der Waals surface area contributed by atoms with Crippen LogP contribution in [0.15, 0.2) is 112 Å². The van der Waals surface area contributed by atoms with Gasteiger partial charge in [-0.05, 0) is 60.0 Å². The molecule has 0 saturated heterocycles. The van der Waals surface area contributed by atoms with Crippen molar-refractivity contribution >= 4 is 27.3 Å². The van der Waals surface area contributed by atoms with Crippen LogP contribution in [-0.4, -0.2) is 29.4 Å². The Labute approximate surface area is 272 Å². The lowest BCUT2D eigenvalue weighted by molar-refractivity contribution is -0.137. The smallest absolute Gasteiger partial charge is 0.334 e. The predicted octanol–water partition coefficient (Wildman–Crippen LogP) is 8.46. The Morgan fingerprint density at radius 1 is 0.787 bits per heavy atom. The van der Waals surface area contributed by atoms with E-state index in [1.54, 1.807) is 36.4 Å². The molecular formula is C34H25F3N4O4S2. The van der Waals surface area contributed by atoms with Crippen LogP contribution in [0.1, 0.15) is 41.3 Å². The molecule has 0 aliphatic carbocycles. The number of nitrogens with one attached hydrogen (secondary N) is 1. The molecule has 6 rings (SSSR count). The molecule has 0 bridgehead atoms. The van der Waals surface area contributed by atoms with Gasteiger partial charge >= 0.3 is 6.18 Å². The van der Waals surface area contributed by atoms with Crippen molar-refractivity contribution in [2.75, 3.05) is 0 Å². The molecule has 0 aliphatic heterocycles. The average molecular weight is 675 g/mol. The van der Waals surface area contributed by atoms with Crippen molar-refractivity contribution in [3.63, 3.8) is 0 Å². The molecule has 6 aromatic rings. The van der Waals surface area contributed by atoms with Crippen molar-refractivity contribution in [1.82, 2.24) is 19.8 Å². The first kappa shape index (κ1) is 31.8. The van der Waals surface area contributed by atoms with E-state index in [4.69, 9.17) is 4.52 Å². The maximum absolute atomic E-state index is 12.9. The van der Waals surface area contributed by atoms with Gasteiger partial charge in [-0.15, -0.1) is 11.3 Å². The quantitative estimate of drug-likeness (QED) is 0.172. The molecular weight excluding hydrogens is 650 g/mol. The molecule has 0 unspecified atom stereocenters. The van der Waals surface area contributed by atoms with E-state index in [0.29, 0.717) is 33.2 Å². The summed E-state index contributed by atoms with van der Waals surface area (Å²) in [7, 11) is -4.06. The van der Waals surface area contributed by atoms with Crippen molar-refractivity contribution in [3.05, 3.63) is 119 Å². The third-order valence-corrected chi connectivity index (χ3v) is 9.54. The van der Waals surface area contributed by atoms with E-state index in [1.807, 2.05) is 31.4 Å². The van der Waals surface area contributed by atoms with Crippen LogP contribution in [0.25, 0.3) is 44.7 Å². The second-order valence-corrected chi connectivity index (χ2v) is 13.4. The van der Waals surface area contributed by atoms with Gasteiger partial charge in [0.2, 0.25) is 5.82 Å². The van der Waals surface area contributed by atoms with E-state index < -0.39 is 27.7 Å². The highest BCUT2D eigenvalue weighted by Crippen LogP contribution is 2.34. The first-order chi connectivity index (χ1) is 22.4. The summed E-state index contributed by atoms with van der Waals surface area (Å²) in [6.07, 6.45) is -4.40. The summed E-state index contributed by atoms with van der Waals surface area (Å²) in [6, 6.07) is 24.6. The predicted molar refractivity (Wildman–Crippen MR) is 172 cm³/mol. The van der Waals surface area contributed by atoms with Gasteiger partial charge in [0.25, 0.3) is 21.8 Å². The number of thiazole rings is 1. The second kappa shape index (κ2) is 12.6. The van der Waals surface area contributed by atoms with Crippen molar-refractivity contribution < 1.29 is 30.9 Å². The maximum Gasteiger partial charge on any atom is 0.416 e. The Kier molecular flexibility index (Phi) is 8.51. The number of aromatic nitrogens is 3. The van der Waals surface area contributed by atoms with Crippen molar-refractivity contribution in [2.24, 2.45) is 0 Å². The number of benzene rings is 4. The highest BCUT2D eigenvalue weighted by molar-refractivity contribution is 7.90. The number of hydrogen-bond acceptors (Lipinski definition) is 8. The van der Waals surface area contributed by atoms with Gasteiger partial charge in [-0.25, -0.2) is 18.1 Å². The SMILES string of the molecule is CC(C)c1ccc(S(=O)(=O)NC(=O)c2ccc(-c3nc(-c4ccc(-c5csc(-c6ccc(C(F)(F)F)cc6)n5)cc4)no3)cc2)cc1. The maximum atomic E-state index is 12.9. The number of carbonyl (C=O) groups excluding carboxylic acids is 1. The molecule has 0 spiro atoms. The molecule has 0 fully saturated rings. The van der Waals surface area contributed by atoms with Crippen LogP contribution in [0.4, 0.5) is 13.2 Å². The Morgan fingerprint density at radius 3 is 2.00 bits per heavy atom. The van der Waals surface area contributed by atoms with E-state index in [9.17, 15) is 26.4 Å². The Balaban J connectivity index is 1.11. The highest BCUT2D eigenvalue weighted by Gasteiger charge is 2.30. The third kappa shape index (κ3) is 7.00. The van der Waals surface area contributed by atoms with Crippen LogP contribution >= 0.6 is 11.3 Å². The van der Waals surface area contributed by atoms with Gasteiger partial charge in [-0.1, -0.05) is 67.5 Å². The number of hydrogen-bond donors (Lipinski definition) is 1. The van der Waals surface area contributed by atoms with Gasteiger partial charge < -0.3 is 4.52 Å². The summed E-state index contributed by atoms with van der Waals surface area (Å²) < 4.78 is 71.6. The number of carbonyl (C=O) groups is 1. The first-order valence-electron chi connectivity index (χ1n) is 14.2. The van der Waals surface area contributed by atoms with Gasteiger partial charge in [0, 0.05) is 33.2 Å². The first-order valence-corrected chi connectivity index (χ1v) is 16.6. The lowest BCUT2D eigenvalue weighted by Crippen LogP contribution is -2.30. The number of rotatable bonds is 8. The van der Waals surface area contributed by atoms with E-state index in [1.165, 1.54) is 47.7 Å². The Hall–Kier alpha value is -5.14. The summed E-state index contributed by atoms with van der Waals surface area (Å²) >= 11 is 1.33. The van der Waals surface area contributed by atoms with Crippen LogP contribution in [-0.2, 0) is 16.2 Å². The number of sulfonamides is 1. The lowest BCUT2D eigenvalue weighted by Gasteiger charge is -2.09. The zero-order valence-corrected chi connectivity index (χ0v) is 26.5. The van der Waals surface area contributed by atoms with Gasteiger partial charge in [0.15, 0.2) is 0 Å². The molecule has 1 N–H and O–H groups in total. The van der Waals surface area contributed by atoms with Crippen LogP contribution in [0.2, 0.25) is 0 Å². The minimum atomic E-state index is -4.40. The fraction of sp³-hybridized carbons (Fsp3) is 0.118. The Bertz CT molecular complexity index is 2140. The van der Waals surface area contributed by atoms with E-state index in [0.717, 1.165) is 23.3 Å². The Morgan fingerprint density at radius 2 is 1.38 bits per heavy atom. The van der Waals surface area contributed by atoms with Crippen molar-refractivity contribution in [3.8, 4) is 44.7 Å². The van der Waals surface area contributed by atoms with Crippen LogP contribution in [0.5, 0.6) is 0 Å². The van der Waals surface area contributed by atoms with Gasteiger partial charge in [-0.3, -0.25) is 4.79 Å². The van der Waals surface area contributed by atoms with Crippen LogP contribution < -0.4 is 4.72 Å². The summed E-state index contributed by atoms with van der Waals surface area (Å²) in [5.74, 6) is -0.00444.